The Hall–Kier alpha value is -3.90. The fourth-order valence-electron chi connectivity index (χ4n) is 4.23. The van der Waals surface area contributed by atoms with Crippen LogP contribution in [0.1, 0.15) is 72.2 Å². The largest absolute Gasteiger partial charge is 0.0620 e. The summed E-state index contributed by atoms with van der Waals surface area (Å²) in [5.74, 6) is 0. The van der Waals surface area contributed by atoms with Crippen LogP contribution in [0, 0.1) is 41.5 Å². The summed E-state index contributed by atoms with van der Waals surface area (Å²) in [5, 5.41) is 0. The summed E-state index contributed by atoms with van der Waals surface area (Å²) in [7, 11) is 0. The van der Waals surface area contributed by atoms with E-state index in [2.05, 4.69) is 179 Å². The lowest BCUT2D eigenvalue weighted by Gasteiger charge is -2.08. The van der Waals surface area contributed by atoms with Gasteiger partial charge in [0, 0.05) is 0 Å². The van der Waals surface area contributed by atoms with Crippen molar-refractivity contribution in [2.75, 3.05) is 0 Å². The van der Waals surface area contributed by atoms with E-state index in [0.29, 0.717) is 0 Å². The number of rotatable bonds is 10. The molecular weight excluding hydrogens is 480 g/mol. The van der Waals surface area contributed by atoms with Gasteiger partial charge in [0.05, 0.1) is 0 Å². The summed E-state index contributed by atoms with van der Waals surface area (Å²) < 4.78 is 0. The zero-order valence-electron chi connectivity index (χ0n) is 26.4. The zero-order valence-corrected chi connectivity index (χ0v) is 26.4. The van der Waals surface area contributed by atoms with Gasteiger partial charge in [-0.1, -0.05) is 132 Å². The van der Waals surface area contributed by atoms with Crippen LogP contribution in [-0.2, 0) is 0 Å². The van der Waals surface area contributed by atoms with Crippen LogP contribution in [0.25, 0.3) is 12.2 Å². The monoisotopic (exact) mass is 528 g/mol. The molecule has 2 aromatic carbocycles. The van der Waals surface area contributed by atoms with E-state index in [4.69, 9.17) is 0 Å². The molecule has 40 heavy (non-hydrogen) atoms. The molecule has 0 atom stereocenters. The molecule has 0 radical (unpaired) electrons. The number of hydrogen-bond donors (Lipinski definition) is 0. The quantitative estimate of drug-likeness (QED) is 0.269. The van der Waals surface area contributed by atoms with Gasteiger partial charge in [-0.2, -0.15) is 0 Å². The van der Waals surface area contributed by atoms with Crippen molar-refractivity contribution in [1.29, 1.82) is 0 Å². The molecule has 0 nitrogen and oxygen atoms in total. The molecule has 0 aliphatic heterocycles. The lowest BCUT2D eigenvalue weighted by molar-refractivity contribution is 1.28. The number of aryl methyl sites for hydroxylation is 4. The average Bonchev–Trinajstić information content (AvgIpc) is 2.91. The SMILES string of the molecule is CC(=C/C=C/C(C)=C/C=C/C=C(C)/C=C/C=C(C)/C=C\c1c(C)ccc(C)c1C)/C=C/c1c(C)ccc(C)c1C. The predicted molar refractivity (Wildman–Crippen MR) is 182 cm³/mol. The highest BCUT2D eigenvalue weighted by Crippen LogP contribution is 2.21. The minimum atomic E-state index is 1.21. The highest BCUT2D eigenvalue weighted by molar-refractivity contribution is 5.62. The first-order valence-electron chi connectivity index (χ1n) is 14.2. The number of hydrogen-bond acceptors (Lipinski definition) is 0. The third-order valence-corrected chi connectivity index (χ3v) is 7.30. The minimum Gasteiger partial charge on any atom is -0.0620 e. The van der Waals surface area contributed by atoms with Crippen molar-refractivity contribution in [3.8, 4) is 0 Å². The molecule has 0 saturated heterocycles. The molecule has 0 spiro atoms. The molecule has 0 N–H and O–H groups in total. The first-order valence-corrected chi connectivity index (χ1v) is 14.2. The van der Waals surface area contributed by atoms with Crippen molar-refractivity contribution in [1.82, 2.24) is 0 Å². The van der Waals surface area contributed by atoms with Crippen LogP contribution in [0.2, 0.25) is 0 Å². The first-order chi connectivity index (χ1) is 19.0. The molecule has 0 heterocycles. The Morgan fingerprint density at radius 1 is 0.400 bits per heavy atom. The molecule has 0 unspecified atom stereocenters. The molecule has 2 aromatic rings. The molecule has 208 valence electrons. The molecule has 0 bridgehead atoms. The molecule has 0 aliphatic carbocycles. The summed E-state index contributed by atoms with van der Waals surface area (Å²) in [6.07, 6.45) is 30.1. The van der Waals surface area contributed by atoms with Crippen molar-refractivity contribution < 1.29 is 0 Å². The Morgan fingerprint density at radius 3 is 1.07 bits per heavy atom. The zero-order chi connectivity index (χ0) is 29.7. The van der Waals surface area contributed by atoms with Crippen LogP contribution in [0.3, 0.4) is 0 Å². The Morgan fingerprint density at radius 2 is 0.700 bits per heavy atom. The van der Waals surface area contributed by atoms with Gasteiger partial charge < -0.3 is 0 Å². The Kier molecular flexibility index (Phi) is 13.1. The second-order valence-corrected chi connectivity index (χ2v) is 10.9. The third-order valence-electron chi connectivity index (χ3n) is 7.30. The molecule has 0 aliphatic rings. The summed E-state index contributed by atoms with van der Waals surface area (Å²) >= 11 is 0. The van der Waals surface area contributed by atoms with E-state index in [1.165, 1.54) is 66.8 Å². The van der Waals surface area contributed by atoms with Gasteiger partial charge in [0.2, 0.25) is 0 Å². The average molecular weight is 529 g/mol. The molecule has 0 fully saturated rings. The summed E-state index contributed by atoms with van der Waals surface area (Å²) in [4.78, 5) is 0. The summed E-state index contributed by atoms with van der Waals surface area (Å²) in [6.45, 7) is 21.6. The molecule has 0 amide bonds. The van der Waals surface area contributed by atoms with E-state index >= 15 is 0 Å². The second-order valence-electron chi connectivity index (χ2n) is 10.9. The van der Waals surface area contributed by atoms with Gasteiger partial charge >= 0.3 is 0 Å². The second kappa shape index (κ2) is 16.3. The van der Waals surface area contributed by atoms with E-state index in [0.717, 1.165) is 0 Å². The maximum absolute atomic E-state index is 2.23. The lowest BCUT2D eigenvalue weighted by atomic mass is 9.97. The van der Waals surface area contributed by atoms with Crippen molar-refractivity contribution in [2.24, 2.45) is 0 Å². The van der Waals surface area contributed by atoms with Crippen molar-refractivity contribution >= 4 is 12.2 Å². The molecule has 0 heteroatoms. The van der Waals surface area contributed by atoms with Gasteiger partial charge in [0.25, 0.3) is 0 Å². The fourth-order valence-corrected chi connectivity index (χ4v) is 4.23. The van der Waals surface area contributed by atoms with Crippen LogP contribution in [0.5, 0.6) is 0 Å². The molecule has 0 aromatic heterocycles. The number of allylic oxidation sites excluding steroid dienone is 16. The van der Waals surface area contributed by atoms with Gasteiger partial charge in [-0.3, -0.25) is 0 Å². The van der Waals surface area contributed by atoms with E-state index in [1.807, 2.05) is 0 Å². The van der Waals surface area contributed by atoms with Gasteiger partial charge in [-0.25, -0.2) is 0 Å². The van der Waals surface area contributed by atoms with Crippen LogP contribution in [0.4, 0.5) is 0 Å². The first kappa shape index (κ1) is 32.3. The van der Waals surface area contributed by atoms with Gasteiger partial charge in [0.1, 0.15) is 0 Å². The molecule has 2 rings (SSSR count). The number of benzene rings is 2. The van der Waals surface area contributed by atoms with Crippen molar-refractivity contribution in [2.45, 2.75) is 69.2 Å². The van der Waals surface area contributed by atoms with Crippen LogP contribution >= 0.6 is 0 Å². The van der Waals surface area contributed by atoms with Crippen molar-refractivity contribution in [3.05, 3.63) is 164 Å². The highest BCUT2D eigenvalue weighted by atomic mass is 14.1. The molecular formula is C40H48. The lowest BCUT2D eigenvalue weighted by Crippen LogP contribution is -1.89. The van der Waals surface area contributed by atoms with Gasteiger partial charge in [-0.15, -0.1) is 0 Å². The normalized spacial score (nSPS) is 14.3. The van der Waals surface area contributed by atoms with Crippen LogP contribution in [-0.4, -0.2) is 0 Å². The van der Waals surface area contributed by atoms with E-state index in [1.54, 1.807) is 0 Å². The topological polar surface area (TPSA) is 0 Å². The fraction of sp³-hybridized carbons (Fsp3) is 0.250. The maximum atomic E-state index is 2.23. The van der Waals surface area contributed by atoms with Crippen LogP contribution < -0.4 is 0 Å². The highest BCUT2D eigenvalue weighted by Gasteiger charge is 2.02. The molecule has 0 saturated carbocycles. The predicted octanol–water partition coefficient (Wildman–Crippen LogP) is 11.7. The minimum absolute atomic E-state index is 1.21. The maximum Gasteiger partial charge on any atom is -0.0195 e. The smallest absolute Gasteiger partial charge is 0.0195 e. The van der Waals surface area contributed by atoms with Crippen LogP contribution in [0.15, 0.2) is 119 Å². The van der Waals surface area contributed by atoms with E-state index in [9.17, 15) is 0 Å². The van der Waals surface area contributed by atoms with E-state index in [-0.39, 0.29) is 0 Å². The Labute approximate surface area is 245 Å². The van der Waals surface area contributed by atoms with Gasteiger partial charge in [0.15, 0.2) is 0 Å². The summed E-state index contributed by atoms with van der Waals surface area (Å²) in [5.41, 5.74) is 15.5. The Balaban J connectivity index is 1.91. The van der Waals surface area contributed by atoms with Gasteiger partial charge in [-0.05, 0) is 114 Å². The Bertz CT molecular complexity index is 1340. The summed E-state index contributed by atoms with van der Waals surface area (Å²) in [6, 6.07) is 8.78. The van der Waals surface area contributed by atoms with Crippen molar-refractivity contribution in [3.63, 3.8) is 0 Å². The standard InChI is InChI=1S/C40H48/c1-29(17-13-19-31(3)21-27-39-35(7)25-23-33(5)37(39)9)15-11-12-16-30(2)18-14-20-32(4)22-28-40-36(8)26-24-34(6)38(40)10/h11-28H,1-10H3/b12-11+,17-13+,18-14+,27-21-,28-22+,29-15+,30-16+,31-19+,32-20-. The van der Waals surface area contributed by atoms with E-state index < -0.39 is 0 Å². The third kappa shape index (κ3) is 10.7.